The van der Waals surface area contributed by atoms with E-state index in [2.05, 4.69) is 33.4 Å². The number of carbonyl (C=O) groups is 2. The van der Waals surface area contributed by atoms with Crippen LogP contribution in [0.3, 0.4) is 0 Å². The van der Waals surface area contributed by atoms with Gasteiger partial charge in [-0.05, 0) is 65.8 Å². The predicted molar refractivity (Wildman–Crippen MR) is 103 cm³/mol. The third-order valence-electron chi connectivity index (χ3n) is 3.49. The van der Waals surface area contributed by atoms with Crippen LogP contribution in [-0.4, -0.2) is 25.5 Å². The maximum absolute atomic E-state index is 12.1. The van der Waals surface area contributed by atoms with E-state index in [4.69, 9.17) is 9.47 Å². The number of hydrazine groups is 1. The second kappa shape index (κ2) is 8.70. The zero-order chi connectivity index (χ0) is 18.4. The highest BCUT2D eigenvalue weighted by Gasteiger charge is 2.11. The third kappa shape index (κ3) is 5.09. The zero-order valence-corrected chi connectivity index (χ0v) is 16.3. The first-order valence-electron chi connectivity index (χ1n) is 7.54. The SMILES string of the molecule is COc1ccc(C(=O)NNC(=O)COc2c(C)cccc2C)cc1I. The second-order valence-electron chi connectivity index (χ2n) is 5.36. The zero-order valence-electron chi connectivity index (χ0n) is 14.2. The van der Waals surface area contributed by atoms with Gasteiger partial charge in [0.05, 0.1) is 10.7 Å². The largest absolute Gasteiger partial charge is 0.496 e. The van der Waals surface area contributed by atoms with Crippen molar-refractivity contribution in [3.8, 4) is 11.5 Å². The molecular weight excluding hydrogens is 435 g/mol. The second-order valence-corrected chi connectivity index (χ2v) is 6.52. The molecule has 0 aromatic heterocycles. The lowest BCUT2D eigenvalue weighted by molar-refractivity contribution is -0.123. The van der Waals surface area contributed by atoms with Crippen molar-refractivity contribution in [3.63, 3.8) is 0 Å². The lowest BCUT2D eigenvalue weighted by Crippen LogP contribution is -2.43. The van der Waals surface area contributed by atoms with Crippen molar-refractivity contribution in [2.75, 3.05) is 13.7 Å². The van der Waals surface area contributed by atoms with E-state index in [9.17, 15) is 9.59 Å². The van der Waals surface area contributed by atoms with E-state index in [1.54, 1.807) is 25.3 Å². The Bertz CT molecular complexity index is 772. The molecule has 0 radical (unpaired) electrons. The number of benzene rings is 2. The maximum atomic E-state index is 12.1. The van der Waals surface area contributed by atoms with E-state index in [1.165, 1.54) is 0 Å². The first kappa shape index (κ1) is 19.0. The van der Waals surface area contributed by atoms with E-state index in [0.29, 0.717) is 17.1 Å². The van der Waals surface area contributed by atoms with Crippen LogP contribution < -0.4 is 20.3 Å². The molecule has 25 heavy (non-hydrogen) atoms. The Balaban J connectivity index is 1.87. The number of halogens is 1. The van der Waals surface area contributed by atoms with Crippen LogP contribution >= 0.6 is 22.6 Å². The Morgan fingerprint density at radius 1 is 1.08 bits per heavy atom. The number of ether oxygens (including phenoxy) is 2. The molecule has 0 bridgehead atoms. The lowest BCUT2D eigenvalue weighted by atomic mass is 10.1. The van der Waals surface area contributed by atoms with Gasteiger partial charge in [-0.3, -0.25) is 20.4 Å². The molecule has 0 heterocycles. The van der Waals surface area contributed by atoms with Crippen molar-refractivity contribution < 1.29 is 19.1 Å². The minimum atomic E-state index is -0.445. The molecule has 2 N–H and O–H groups in total. The molecule has 0 aliphatic heterocycles. The van der Waals surface area contributed by atoms with Crippen LogP contribution in [0.5, 0.6) is 11.5 Å². The van der Waals surface area contributed by atoms with Gasteiger partial charge in [-0.1, -0.05) is 18.2 Å². The topological polar surface area (TPSA) is 76.7 Å². The Hall–Kier alpha value is -2.29. The lowest BCUT2D eigenvalue weighted by Gasteiger charge is -2.12. The molecule has 0 saturated heterocycles. The first-order chi connectivity index (χ1) is 11.9. The highest BCUT2D eigenvalue weighted by molar-refractivity contribution is 14.1. The number of amides is 2. The highest BCUT2D eigenvalue weighted by atomic mass is 127. The fourth-order valence-electron chi connectivity index (χ4n) is 2.21. The number of hydrogen-bond acceptors (Lipinski definition) is 4. The van der Waals surface area contributed by atoms with Crippen LogP contribution in [0.4, 0.5) is 0 Å². The fourth-order valence-corrected chi connectivity index (χ4v) is 2.94. The molecule has 0 spiro atoms. The van der Waals surface area contributed by atoms with E-state index < -0.39 is 11.8 Å². The van der Waals surface area contributed by atoms with Crippen molar-refractivity contribution in [3.05, 3.63) is 56.7 Å². The predicted octanol–water partition coefficient (Wildman–Crippen LogP) is 2.76. The summed E-state index contributed by atoms with van der Waals surface area (Å²) in [4.78, 5) is 23.9. The minimum Gasteiger partial charge on any atom is -0.496 e. The van der Waals surface area contributed by atoms with E-state index in [1.807, 2.05) is 32.0 Å². The van der Waals surface area contributed by atoms with Gasteiger partial charge < -0.3 is 9.47 Å². The summed E-state index contributed by atoms with van der Waals surface area (Å²) >= 11 is 2.07. The first-order valence-corrected chi connectivity index (χ1v) is 8.62. The molecule has 2 rings (SSSR count). The summed E-state index contributed by atoms with van der Waals surface area (Å²) < 4.78 is 11.5. The van der Waals surface area contributed by atoms with Crippen molar-refractivity contribution >= 4 is 34.4 Å². The minimum absolute atomic E-state index is 0.188. The molecule has 132 valence electrons. The van der Waals surface area contributed by atoms with Gasteiger partial charge in [-0.15, -0.1) is 0 Å². The Labute approximate surface area is 160 Å². The maximum Gasteiger partial charge on any atom is 0.276 e. The average molecular weight is 454 g/mol. The van der Waals surface area contributed by atoms with Gasteiger partial charge in [0.15, 0.2) is 6.61 Å². The van der Waals surface area contributed by atoms with Gasteiger partial charge in [0.25, 0.3) is 11.8 Å². The van der Waals surface area contributed by atoms with Crippen molar-refractivity contribution in [2.24, 2.45) is 0 Å². The van der Waals surface area contributed by atoms with Crippen molar-refractivity contribution in [1.29, 1.82) is 0 Å². The quantitative estimate of drug-likeness (QED) is 0.538. The summed E-state index contributed by atoms with van der Waals surface area (Å²) in [6.45, 7) is 3.63. The standard InChI is InChI=1S/C18H19IN2O4/c1-11-5-4-6-12(2)17(11)25-10-16(22)20-21-18(23)13-7-8-15(24-3)14(19)9-13/h4-9H,10H2,1-3H3,(H,20,22)(H,21,23). The van der Waals surface area contributed by atoms with Gasteiger partial charge in [0, 0.05) is 5.56 Å². The number of para-hydroxylation sites is 1. The summed E-state index contributed by atoms with van der Waals surface area (Å²) in [6.07, 6.45) is 0. The van der Waals surface area contributed by atoms with Gasteiger partial charge in [0.1, 0.15) is 11.5 Å². The van der Waals surface area contributed by atoms with Crippen LogP contribution in [-0.2, 0) is 4.79 Å². The summed E-state index contributed by atoms with van der Waals surface area (Å²) in [7, 11) is 1.56. The molecule has 2 aromatic carbocycles. The van der Waals surface area contributed by atoms with Crippen LogP contribution in [0.25, 0.3) is 0 Å². The molecule has 0 fully saturated rings. The number of carbonyl (C=O) groups excluding carboxylic acids is 2. The molecule has 0 saturated carbocycles. The van der Waals surface area contributed by atoms with Crippen LogP contribution in [0.1, 0.15) is 21.5 Å². The highest BCUT2D eigenvalue weighted by Crippen LogP contribution is 2.22. The van der Waals surface area contributed by atoms with Gasteiger partial charge in [-0.2, -0.15) is 0 Å². The molecule has 2 amide bonds. The summed E-state index contributed by atoms with van der Waals surface area (Å²) in [5, 5.41) is 0. The smallest absolute Gasteiger partial charge is 0.276 e. The summed E-state index contributed by atoms with van der Waals surface area (Å²) in [5.41, 5.74) is 7.02. The van der Waals surface area contributed by atoms with Crippen molar-refractivity contribution in [2.45, 2.75) is 13.8 Å². The number of aryl methyl sites for hydroxylation is 2. The molecule has 7 heteroatoms. The average Bonchev–Trinajstić information content (AvgIpc) is 2.59. The van der Waals surface area contributed by atoms with Gasteiger partial charge in [-0.25, -0.2) is 0 Å². The molecule has 2 aromatic rings. The number of hydrogen-bond donors (Lipinski definition) is 2. The number of nitrogens with one attached hydrogen (secondary N) is 2. The number of rotatable bonds is 5. The monoisotopic (exact) mass is 454 g/mol. The molecule has 0 atom stereocenters. The molecule has 0 aliphatic rings. The van der Waals surface area contributed by atoms with E-state index >= 15 is 0 Å². The Morgan fingerprint density at radius 3 is 2.36 bits per heavy atom. The molecule has 6 nitrogen and oxygen atoms in total. The van der Waals surface area contributed by atoms with Gasteiger partial charge in [0.2, 0.25) is 0 Å². The van der Waals surface area contributed by atoms with Crippen molar-refractivity contribution in [1.82, 2.24) is 10.9 Å². The van der Waals surface area contributed by atoms with Crippen LogP contribution in [0.2, 0.25) is 0 Å². The normalized spacial score (nSPS) is 10.1. The summed E-state index contributed by atoms with van der Waals surface area (Å²) in [6, 6.07) is 10.7. The van der Waals surface area contributed by atoms with Crippen LogP contribution in [0.15, 0.2) is 36.4 Å². The Kier molecular flexibility index (Phi) is 6.63. The van der Waals surface area contributed by atoms with Gasteiger partial charge >= 0.3 is 0 Å². The van der Waals surface area contributed by atoms with Crippen LogP contribution in [0, 0.1) is 17.4 Å². The summed E-state index contributed by atoms with van der Waals surface area (Å²) in [5.74, 6) is 0.497. The fraction of sp³-hybridized carbons (Fsp3) is 0.222. The Morgan fingerprint density at radius 2 is 1.76 bits per heavy atom. The van der Waals surface area contributed by atoms with E-state index in [-0.39, 0.29) is 6.61 Å². The molecule has 0 unspecified atom stereocenters. The molecule has 0 aliphatic carbocycles. The van der Waals surface area contributed by atoms with E-state index in [0.717, 1.165) is 14.7 Å². The molecular formula is C18H19IN2O4. The number of methoxy groups -OCH3 is 1. The third-order valence-corrected chi connectivity index (χ3v) is 4.33.